The summed E-state index contributed by atoms with van der Waals surface area (Å²) in [6.07, 6.45) is 0. The minimum Gasteiger partial charge on any atom is -0.343 e. The van der Waals surface area contributed by atoms with Crippen LogP contribution in [0.2, 0.25) is 0 Å². The Labute approximate surface area is 118 Å². The monoisotopic (exact) mass is 282 g/mol. The van der Waals surface area contributed by atoms with E-state index in [2.05, 4.69) is 32.2 Å². The summed E-state index contributed by atoms with van der Waals surface area (Å²) >= 11 is 0. The van der Waals surface area contributed by atoms with Gasteiger partial charge in [0.1, 0.15) is 5.84 Å². The van der Waals surface area contributed by atoms with Crippen molar-refractivity contribution in [1.82, 2.24) is 0 Å². The van der Waals surface area contributed by atoms with Gasteiger partial charge >= 0.3 is 0 Å². The zero-order valence-electron chi connectivity index (χ0n) is 11.7. The third-order valence-corrected chi connectivity index (χ3v) is 5.52. The second-order valence-electron chi connectivity index (χ2n) is 5.47. The van der Waals surface area contributed by atoms with Crippen LogP contribution >= 0.6 is 21.6 Å². The fraction of sp³-hybridized carbons (Fsp3) is 0.500. The predicted molar refractivity (Wildman–Crippen MR) is 85.8 cm³/mol. The average Bonchev–Trinajstić information content (AvgIpc) is 2.26. The van der Waals surface area contributed by atoms with E-state index in [1.165, 1.54) is 4.90 Å². The number of hydrogen-bond donors (Lipinski definition) is 2. The molecule has 0 saturated heterocycles. The Hall–Kier alpha value is -0.610. The van der Waals surface area contributed by atoms with E-state index in [9.17, 15) is 0 Å². The normalized spacial score (nSPS) is 11.7. The van der Waals surface area contributed by atoms with E-state index in [0.29, 0.717) is 5.84 Å². The molecule has 1 aromatic carbocycles. The lowest BCUT2D eigenvalue weighted by molar-refractivity contribution is 0.810. The van der Waals surface area contributed by atoms with Gasteiger partial charge in [0.25, 0.3) is 0 Å². The van der Waals surface area contributed by atoms with Crippen molar-refractivity contribution in [3.63, 3.8) is 0 Å². The van der Waals surface area contributed by atoms with Crippen LogP contribution in [-0.2, 0) is 0 Å². The molecule has 0 unspecified atom stereocenters. The molecule has 1 aromatic rings. The van der Waals surface area contributed by atoms with Gasteiger partial charge in [-0.1, -0.05) is 68.3 Å². The summed E-state index contributed by atoms with van der Waals surface area (Å²) in [7, 11) is 3.61. The van der Waals surface area contributed by atoms with Crippen LogP contribution in [0.25, 0.3) is 0 Å². The van der Waals surface area contributed by atoms with Gasteiger partial charge < -0.3 is 5.32 Å². The highest BCUT2D eigenvalue weighted by Crippen LogP contribution is 2.43. The lowest BCUT2D eigenvalue weighted by Crippen LogP contribution is -2.17. The van der Waals surface area contributed by atoms with Crippen LogP contribution in [0.5, 0.6) is 0 Å². The number of amidine groups is 1. The summed E-state index contributed by atoms with van der Waals surface area (Å²) in [6, 6.07) is 8.17. The summed E-state index contributed by atoms with van der Waals surface area (Å²) < 4.78 is 0.226. The van der Waals surface area contributed by atoms with Crippen molar-refractivity contribution in [2.45, 2.75) is 44.3 Å². The highest BCUT2D eigenvalue weighted by molar-refractivity contribution is 8.77. The Balaban J connectivity index is 2.77. The molecule has 2 nitrogen and oxygen atoms in total. The molecule has 0 fully saturated rings. The first-order valence-corrected chi connectivity index (χ1v) is 8.25. The van der Waals surface area contributed by atoms with Crippen LogP contribution in [0.3, 0.4) is 0 Å². The van der Waals surface area contributed by atoms with E-state index >= 15 is 0 Å². The molecule has 0 amide bonds. The quantitative estimate of drug-likeness (QED) is 0.448. The Kier molecular flexibility index (Phi) is 5.60. The summed E-state index contributed by atoms with van der Waals surface area (Å²) in [5.74, 6) is 0.780. The van der Waals surface area contributed by atoms with Gasteiger partial charge in [0.05, 0.1) is 5.69 Å². The third kappa shape index (κ3) is 5.36. The maximum Gasteiger partial charge on any atom is 0.100 e. The molecular weight excluding hydrogens is 260 g/mol. The highest BCUT2D eigenvalue weighted by atomic mass is 33.1. The largest absolute Gasteiger partial charge is 0.343 e. The van der Waals surface area contributed by atoms with Gasteiger partial charge in [-0.15, -0.1) is 0 Å². The third-order valence-electron chi connectivity index (χ3n) is 2.12. The van der Waals surface area contributed by atoms with E-state index in [0.717, 1.165) is 5.69 Å². The number of rotatable bonds is 4. The van der Waals surface area contributed by atoms with Crippen molar-refractivity contribution in [1.29, 1.82) is 5.41 Å². The second-order valence-corrected chi connectivity index (χ2v) is 8.47. The summed E-state index contributed by atoms with van der Waals surface area (Å²) in [5.41, 5.74) is 1.03. The second kappa shape index (κ2) is 6.53. The van der Waals surface area contributed by atoms with E-state index < -0.39 is 0 Å². The molecule has 18 heavy (non-hydrogen) atoms. The van der Waals surface area contributed by atoms with Crippen molar-refractivity contribution in [2.75, 3.05) is 5.32 Å². The van der Waals surface area contributed by atoms with Crippen LogP contribution in [0.15, 0.2) is 29.2 Å². The standard InChI is InChI=1S/C14H22N2S2/c1-10(2)13(15)16-11-8-6-7-9-12(11)17-18-14(3,4)5/h6-10H,1-5H3,(H2,15,16). The number of hydrogen-bond acceptors (Lipinski definition) is 3. The molecule has 0 radical (unpaired) electrons. The maximum atomic E-state index is 7.91. The molecule has 0 aromatic heterocycles. The fourth-order valence-electron chi connectivity index (χ4n) is 1.10. The molecule has 0 aliphatic heterocycles. The molecule has 1 rings (SSSR count). The topological polar surface area (TPSA) is 35.9 Å². The van der Waals surface area contributed by atoms with E-state index in [1.54, 1.807) is 10.8 Å². The van der Waals surface area contributed by atoms with Gasteiger partial charge in [0, 0.05) is 15.6 Å². The Morgan fingerprint density at radius 2 is 1.83 bits per heavy atom. The minimum atomic E-state index is 0.221. The van der Waals surface area contributed by atoms with Crippen LogP contribution in [0.4, 0.5) is 5.69 Å². The Morgan fingerprint density at radius 3 is 2.39 bits per heavy atom. The molecule has 100 valence electrons. The van der Waals surface area contributed by atoms with E-state index in [4.69, 9.17) is 5.41 Å². The van der Waals surface area contributed by atoms with E-state index in [1.807, 2.05) is 42.8 Å². The fourth-order valence-corrected chi connectivity index (χ4v) is 3.24. The molecule has 0 atom stereocenters. The van der Waals surface area contributed by atoms with Gasteiger partial charge in [-0.05, 0) is 12.1 Å². The summed E-state index contributed by atoms with van der Waals surface area (Å²) in [4.78, 5) is 1.18. The molecule has 0 aliphatic rings. The Bertz CT molecular complexity index is 409. The van der Waals surface area contributed by atoms with Crippen LogP contribution in [-0.4, -0.2) is 10.6 Å². The molecule has 0 spiro atoms. The van der Waals surface area contributed by atoms with Crippen molar-refractivity contribution in [3.8, 4) is 0 Å². The zero-order valence-corrected chi connectivity index (χ0v) is 13.3. The van der Waals surface area contributed by atoms with Crippen LogP contribution < -0.4 is 5.32 Å². The van der Waals surface area contributed by atoms with Crippen LogP contribution in [0, 0.1) is 11.3 Å². The lowest BCUT2D eigenvalue weighted by Gasteiger charge is -2.18. The highest BCUT2D eigenvalue weighted by Gasteiger charge is 2.14. The minimum absolute atomic E-state index is 0.221. The average molecular weight is 282 g/mol. The number of para-hydroxylation sites is 1. The molecule has 2 N–H and O–H groups in total. The number of nitrogens with one attached hydrogen (secondary N) is 2. The molecule has 0 saturated carbocycles. The molecule has 0 heterocycles. The summed E-state index contributed by atoms with van der Waals surface area (Å²) in [6.45, 7) is 10.7. The molecule has 0 aliphatic carbocycles. The van der Waals surface area contributed by atoms with Gasteiger partial charge in [-0.3, -0.25) is 5.41 Å². The van der Waals surface area contributed by atoms with Gasteiger partial charge in [-0.25, -0.2) is 0 Å². The molecular formula is C14H22N2S2. The van der Waals surface area contributed by atoms with Crippen molar-refractivity contribution >= 4 is 33.1 Å². The SMILES string of the molecule is CC(C)C(=N)Nc1ccccc1SSC(C)(C)C. The first-order chi connectivity index (χ1) is 8.29. The number of anilines is 1. The zero-order chi connectivity index (χ0) is 13.8. The van der Waals surface area contributed by atoms with Gasteiger partial charge in [-0.2, -0.15) is 0 Å². The smallest absolute Gasteiger partial charge is 0.100 e. The van der Waals surface area contributed by atoms with Gasteiger partial charge in [0.15, 0.2) is 0 Å². The lowest BCUT2D eigenvalue weighted by atomic mass is 10.2. The molecule has 0 bridgehead atoms. The van der Waals surface area contributed by atoms with Crippen molar-refractivity contribution in [2.24, 2.45) is 5.92 Å². The van der Waals surface area contributed by atoms with E-state index in [-0.39, 0.29) is 10.7 Å². The van der Waals surface area contributed by atoms with Crippen molar-refractivity contribution < 1.29 is 0 Å². The maximum absolute atomic E-state index is 7.91. The molecule has 4 heteroatoms. The van der Waals surface area contributed by atoms with Crippen LogP contribution in [0.1, 0.15) is 34.6 Å². The summed E-state index contributed by atoms with van der Waals surface area (Å²) in [5, 5.41) is 11.1. The predicted octanol–water partition coefficient (Wildman–Crippen LogP) is 5.27. The van der Waals surface area contributed by atoms with Crippen molar-refractivity contribution in [3.05, 3.63) is 24.3 Å². The first kappa shape index (κ1) is 15.4. The van der Waals surface area contributed by atoms with Gasteiger partial charge in [0.2, 0.25) is 0 Å². The first-order valence-electron chi connectivity index (χ1n) is 6.10. The number of benzene rings is 1. The Morgan fingerprint density at radius 1 is 1.22 bits per heavy atom.